The first-order chi connectivity index (χ1) is 9.72. The summed E-state index contributed by atoms with van der Waals surface area (Å²) < 4.78 is 1.31. The lowest BCUT2D eigenvalue weighted by molar-refractivity contribution is 0.302. The fourth-order valence-corrected chi connectivity index (χ4v) is 3.56. The molecule has 0 spiro atoms. The van der Waals surface area contributed by atoms with Crippen LogP contribution in [0.25, 0.3) is 12.2 Å². The van der Waals surface area contributed by atoms with Crippen LogP contribution in [0.15, 0.2) is 36.4 Å². The van der Waals surface area contributed by atoms with Crippen molar-refractivity contribution < 1.29 is 5.11 Å². The summed E-state index contributed by atoms with van der Waals surface area (Å²) in [5, 5.41) is 9.04. The average Bonchev–Trinajstić information content (AvgIpc) is 2.89. The van der Waals surface area contributed by atoms with Crippen LogP contribution in [0.3, 0.4) is 0 Å². The van der Waals surface area contributed by atoms with E-state index in [1.165, 1.54) is 13.3 Å². The summed E-state index contributed by atoms with van der Waals surface area (Å²) in [6.45, 7) is 3.87. The second kappa shape index (κ2) is 7.81. The number of halogens is 1. The van der Waals surface area contributed by atoms with Crippen LogP contribution in [0.1, 0.15) is 17.4 Å². The van der Waals surface area contributed by atoms with Gasteiger partial charge in [0, 0.05) is 23.7 Å². The maximum atomic E-state index is 9.04. The second-order valence-electron chi connectivity index (χ2n) is 4.37. The molecule has 20 heavy (non-hydrogen) atoms. The Labute approximate surface area is 137 Å². The zero-order valence-corrected chi connectivity index (χ0v) is 14.4. The number of thiophene rings is 1. The van der Waals surface area contributed by atoms with Gasteiger partial charge in [0.2, 0.25) is 0 Å². The first-order valence-corrected chi connectivity index (χ1v) is 8.51. The van der Waals surface area contributed by atoms with Crippen molar-refractivity contribution in [2.45, 2.75) is 6.92 Å². The molecular formula is C16H18INOS. The first-order valence-electron chi connectivity index (χ1n) is 6.62. The Morgan fingerprint density at radius 3 is 2.45 bits per heavy atom. The Bertz CT molecular complexity index is 562. The van der Waals surface area contributed by atoms with Gasteiger partial charge in [-0.05, 0) is 65.4 Å². The van der Waals surface area contributed by atoms with E-state index < -0.39 is 0 Å². The van der Waals surface area contributed by atoms with Gasteiger partial charge in [0.25, 0.3) is 0 Å². The van der Waals surface area contributed by atoms with Crippen molar-refractivity contribution in [1.29, 1.82) is 0 Å². The minimum atomic E-state index is 0.187. The van der Waals surface area contributed by atoms with E-state index in [0.29, 0.717) is 6.54 Å². The van der Waals surface area contributed by atoms with E-state index in [-0.39, 0.29) is 6.61 Å². The predicted octanol–water partition coefficient (Wildman–Crippen LogP) is 4.34. The molecule has 2 aromatic rings. The first kappa shape index (κ1) is 15.5. The molecule has 1 aromatic heterocycles. The molecule has 4 heteroatoms. The molecule has 2 nitrogen and oxygen atoms in total. The molecule has 0 aliphatic rings. The smallest absolute Gasteiger partial charge is 0.0659 e. The molecule has 0 atom stereocenters. The SMILES string of the molecule is CCN(CCO)c1ccc(/C=C/c2ccc(I)s2)cc1. The van der Waals surface area contributed by atoms with E-state index in [1.807, 2.05) is 0 Å². The lowest BCUT2D eigenvalue weighted by Crippen LogP contribution is -2.25. The van der Waals surface area contributed by atoms with Crippen LogP contribution in [0.2, 0.25) is 0 Å². The van der Waals surface area contributed by atoms with Crippen molar-refractivity contribution in [1.82, 2.24) is 0 Å². The number of hydrogen-bond acceptors (Lipinski definition) is 3. The third-order valence-electron chi connectivity index (χ3n) is 3.04. The van der Waals surface area contributed by atoms with Gasteiger partial charge < -0.3 is 10.0 Å². The molecule has 0 aliphatic heterocycles. The van der Waals surface area contributed by atoms with Gasteiger partial charge in [-0.2, -0.15) is 0 Å². The summed E-state index contributed by atoms with van der Waals surface area (Å²) in [6.07, 6.45) is 4.28. The Balaban J connectivity index is 2.06. The lowest BCUT2D eigenvalue weighted by atomic mass is 10.1. The van der Waals surface area contributed by atoms with Crippen molar-refractivity contribution in [3.05, 3.63) is 49.7 Å². The monoisotopic (exact) mass is 399 g/mol. The van der Waals surface area contributed by atoms with E-state index >= 15 is 0 Å². The normalized spacial score (nSPS) is 11.2. The van der Waals surface area contributed by atoms with Crippen LogP contribution in [0.5, 0.6) is 0 Å². The van der Waals surface area contributed by atoms with Crippen LogP contribution >= 0.6 is 33.9 Å². The molecule has 1 N–H and O–H groups in total. The lowest BCUT2D eigenvalue weighted by Gasteiger charge is -2.21. The molecule has 0 amide bonds. The standard InChI is InChI=1S/C16H18INOS/c1-2-18(11-12-19)14-6-3-13(4-7-14)5-8-15-9-10-16(17)20-15/h3-10,19H,2,11-12H2,1H3/b8-5+. The molecule has 1 heterocycles. The number of benzene rings is 1. The fraction of sp³-hybridized carbons (Fsp3) is 0.250. The van der Waals surface area contributed by atoms with Crippen LogP contribution < -0.4 is 4.90 Å². The predicted molar refractivity (Wildman–Crippen MR) is 97.4 cm³/mol. The summed E-state index contributed by atoms with van der Waals surface area (Å²) >= 11 is 4.13. The number of nitrogens with zero attached hydrogens (tertiary/aromatic N) is 1. The Morgan fingerprint density at radius 2 is 1.90 bits per heavy atom. The minimum Gasteiger partial charge on any atom is -0.395 e. The number of aliphatic hydroxyl groups excluding tert-OH is 1. The molecule has 106 valence electrons. The molecule has 0 unspecified atom stereocenters. The van der Waals surface area contributed by atoms with Crippen LogP contribution in [0.4, 0.5) is 5.69 Å². The summed E-state index contributed by atoms with van der Waals surface area (Å²) in [7, 11) is 0. The van der Waals surface area contributed by atoms with Crippen LogP contribution in [-0.4, -0.2) is 24.8 Å². The molecule has 0 saturated carbocycles. The van der Waals surface area contributed by atoms with Crippen LogP contribution in [0, 0.1) is 2.88 Å². The molecular weight excluding hydrogens is 381 g/mol. The second-order valence-corrected chi connectivity index (χ2v) is 7.38. The highest BCUT2D eigenvalue weighted by Gasteiger charge is 2.02. The van der Waals surface area contributed by atoms with Gasteiger partial charge in [0.15, 0.2) is 0 Å². The van der Waals surface area contributed by atoms with Crippen molar-refractivity contribution in [2.24, 2.45) is 0 Å². The molecule has 1 aromatic carbocycles. The van der Waals surface area contributed by atoms with Gasteiger partial charge in [-0.25, -0.2) is 0 Å². The highest BCUT2D eigenvalue weighted by Crippen LogP contribution is 2.21. The maximum Gasteiger partial charge on any atom is 0.0659 e. The largest absolute Gasteiger partial charge is 0.395 e. The van der Waals surface area contributed by atoms with Gasteiger partial charge in [0.05, 0.1) is 9.49 Å². The van der Waals surface area contributed by atoms with E-state index in [4.69, 9.17) is 5.11 Å². The highest BCUT2D eigenvalue weighted by molar-refractivity contribution is 14.1. The number of aliphatic hydroxyl groups is 1. The maximum absolute atomic E-state index is 9.04. The van der Waals surface area contributed by atoms with E-state index in [9.17, 15) is 0 Å². The van der Waals surface area contributed by atoms with E-state index in [1.54, 1.807) is 11.3 Å². The Hall–Kier alpha value is -0.850. The molecule has 0 saturated heterocycles. The minimum absolute atomic E-state index is 0.187. The van der Waals surface area contributed by atoms with Crippen molar-refractivity contribution in [3.8, 4) is 0 Å². The third-order valence-corrected chi connectivity index (χ3v) is 4.90. The van der Waals surface area contributed by atoms with Crippen molar-refractivity contribution in [2.75, 3.05) is 24.6 Å². The number of anilines is 1. The Kier molecular flexibility index (Phi) is 6.06. The van der Waals surface area contributed by atoms with E-state index in [0.717, 1.165) is 12.2 Å². The third kappa shape index (κ3) is 4.33. The summed E-state index contributed by atoms with van der Waals surface area (Å²) in [5.41, 5.74) is 2.35. The van der Waals surface area contributed by atoms with E-state index in [2.05, 4.69) is 83.0 Å². The molecule has 0 bridgehead atoms. The molecule has 0 fully saturated rings. The number of likely N-dealkylation sites (N-methyl/N-ethyl adjacent to an activating group) is 1. The topological polar surface area (TPSA) is 23.5 Å². The quantitative estimate of drug-likeness (QED) is 0.731. The van der Waals surface area contributed by atoms with Crippen molar-refractivity contribution >= 4 is 51.8 Å². The van der Waals surface area contributed by atoms with Gasteiger partial charge in [-0.3, -0.25) is 0 Å². The molecule has 0 aliphatic carbocycles. The number of rotatable bonds is 6. The van der Waals surface area contributed by atoms with Gasteiger partial charge in [0.1, 0.15) is 0 Å². The molecule has 2 rings (SSSR count). The zero-order valence-electron chi connectivity index (χ0n) is 11.4. The summed E-state index contributed by atoms with van der Waals surface area (Å²) in [6, 6.07) is 12.7. The molecule has 0 radical (unpaired) electrons. The fourth-order valence-electron chi connectivity index (χ4n) is 1.98. The average molecular weight is 399 g/mol. The van der Waals surface area contributed by atoms with Gasteiger partial charge >= 0.3 is 0 Å². The summed E-state index contributed by atoms with van der Waals surface area (Å²) in [4.78, 5) is 3.43. The number of hydrogen-bond donors (Lipinski definition) is 1. The van der Waals surface area contributed by atoms with Gasteiger partial charge in [-0.1, -0.05) is 18.2 Å². The van der Waals surface area contributed by atoms with Gasteiger partial charge in [-0.15, -0.1) is 11.3 Å². The Morgan fingerprint density at radius 1 is 1.15 bits per heavy atom. The van der Waals surface area contributed by atoms with Crippen molar-refractivity contribution in [3.63, 3.8) is 0 Å². The van der Waals surface area contributed by atoms with Crippen LogP contribution in [-0.2, 0) is 0 Å². The highest BCUT2D eigenvalue weighted by atomic mass is 127. The zero-order chi connectivity index (χ0) is 14.4. The summed E-state index contributed by atoms with van der Waals surface area (Å²) in [5.74, 6) is 0.